The van der Waals surface area contributed by atoms with Crippen LogP contribution in [0.25, 0.3) is 0 Å². The first-order valence-corrected chi connectivity index (χ1v) is 6.38. The lowest BCUT2D eigenvalue weighted by molar-refractivity contribution is -0.123. The molecule has 2 nitrogen and oxygen atoms in total. The van der Waals surface area contributed by atoms with Crippen molar-refractivity contribution in [2.75, 3.05) is 0 Å². The summed E-state index contributed by atoms with van der Waals surface area (Å²) in [6.45, 7) is 0. The number of rotatable bonds is 3. The second-order valence-corrected chi connectivity index (χ2v) is 5.07. The molecule has 0 bridgehead atoms. The number of benzene rings is 1. The second kappa shape index (κ2) is 5.63. The standard InChI is InChI=1S/C14H16F3NO/c15-11-6-2-5-10(13(11)17)12(16)8-3-1-4-9(7-8)14(18)19/h2,5-6,8-9,12H,1,3-4,7H2,(H2,18,19). The highest BCUT2D eigenvalue weighted by molar-refractivity contribution is 5.76. The fourth-order valence-corrected chi connectivity index (χ4v) is 2.74. The van der Waals surface area contributed by atoms with Gasteiger partial charge in [-0.05, 0) is 31.2 Å². The summed E-state index contributed by atoms with van der Waals surface area (Å²) in [5.41, 5.74) is 4.96. The zero-order valence-corrected chi connectivity index (χ0v) is 10.4. The van der Waals surface area contributed by atoms with Gasteiger partial charge in [0.25, 0.3) is 0 Å². The van der Waals surface area contributed by atoms with E-state index in [0.29, 0.717) is 25.7 Å². The van der Waals surface area contributed by atoms with Crippen molar-refractivity contribution in [2.45, 2.75) is 31.9 Å². The molecule has 5 heteroatoms. The van der Waals surface area contributed by atoms with E-state index in [1.807, 2.05) is 0 Å². The minimum atomic E-state index is -1.60. The Kier molecular flexibility index (Phi) is 4.12. The van der Waals surface area contributed by atoms with Crippen LogP contribution in [0.4, 0.5) is 13.2 Å². The van der Waals surface area contributed by atoms with E-state index in [9.17, 15) is 18.0 Å². The smallest absolute Gasteiger partial charge is 0.220 e. The van der Waals surface area contributed by atoms with Crippen molar-refractivity contribution in [3.05, 3.63) is 35.4 Å². The first-order valence-electron chi connectivity index (χ1n) is 6.38. The first-order chi connectivity index (χ1) is 9.00. The number of halogens is 3. The molecule has 0 spiro atoms. The number of hydrogen-bond donors (Lipinski definition) is 1. The number of hydrogen-bond acceptors (Lipinski definition) is 1. The van der Waals surface area contributed by atoms with Gasteiger partial charge < -0.3 is 5.73 Å². The van der Waals surface area contributed by atoms with Crippen LogP contribution in [-0.4, -0.2) is 5.91 Å². The first kappa shape index (κ1) is 13.9. The highest BCUT2D eigenvalue weighted by atomic mass is 19.2. The molecule has 1 saturated carbocycles. The molecule has 0 heterocycles. The molecule has 3 atom stereocenters. The van der Waals surface area contributed by atoms with Crippen LogP contribution in [0.1, 0.15) is 37.4 Å². The third kappa shape index (κ3) is 2.91. The summed E-state index contributed by atoms with van der Waals surface area (Å²) < 4.78 is 41.0. The summed E-state index contributed by atoms with van der Waals surface area (Å²) in [5, 5.41) is 0. The van der Waals surface area contributed by atoms with E-state index in [4.69, 9.17) is 5.73 Å². The molecule has 0 saturated heterocycles. The summed E-state index contributed by atoms with van der Waals surface area (Å²) in [7, 11) is 0. The molecule has 19 heavy (non-hydrogen) atoms. The highest BCUT2D eigenvalue weighted by Gasteiger charge is 2.33. The number of carbonyl (C=O) groups excluding carboxylic acids is 1. The minimum absolute atomic E-state index is 0.268. The van der Waals surface area contributed by atoms with E-state index >= 15 is 0 Å². The summed E-state index contributed by atoms with van der Waals surface area (Å²) in [6, 6.07) is 3.49. The molecule has 1 fully saturated rings. The maximum absolute atomic E-state index is 14.3. The molecule has 0 aliphatic heterocycles. The monoisotopic (exact) mass is 271 g/mol. The third-order valence-corrected chi connectivity index (χ3v) is 3.81. The van der Waals surface area contributed by atoms with Crippen LogP contribution >= 0.6 is 0 Å². The lowest BCUT2D eigenvalue weighted by atomic mass is 9.77. The van der Waals surface area contributed by atoms with Crippen molar-refractivity contribution in [2.24, 2.45) is 17.6 Å². The third-order valence-electron chi connectivity index (χ3n) is 3.81. The predicted molar refractivity (Wildman–Crippen MR) is 64.8 cm³/mol. The van der Waals surface area contributed by atoms with Gasteiger partial charge in [0.1, 0.15) is 6.17 Å². The lowest BCUT2D eigenvalue weighted by Gasteiger charge is -2.29. The van der Waals surface area contributed by atoms with Gasteiger partial charge in [0.2, 0.25) is 5.91 Å². The molecule has 0 aromatic heterocycles. The number of amides is 1. The van der Waals surface area contributed by atoms with Crippen molar-refractivity contribution < 1.29 is 18.0 Å². The molecule has 1 aromatic rings. The van der Waals surface area contributed by atoms with E-state index in [2.05, 4.69) is 0 Å². The van der Waals surface area contributed by atoms with E-state index in [-0.39, 0.29) is 11.5 Å². The quantitative estimate of drug-likeness (QED) is 0.900. The molecular formula is C14H16F3NO. The zero-order chi connectivity index (χ0) is 14.0. The average molecular weight is 271 g/mol. The molecule has 3 unspecified atom stereocenters. The number of carbonyl (C=O) groups is 1. The van der Waals surface area contributed by atoms with Gasteiger partial charge in [-0.2, -0.15) is 0 Å². The van der Waals surface area contributed by atoms with Gasteiger partial charge in [0.15, 0.2) is 11.6 Å². The maximum Gasteiger partial charge on any atom is 0.220 e. The van der Waals surface area contributed by atoms with Gasteiger partial charge in [-0.15, -0.1) is 0 Å². The van der Waals surface area contributed by atoms with Gasteiger partial charge in [-0.1, -0.05) is 18.6 Å². The Morgan fingerprint density at radius 2 is 2.05 bits per heavy atom. The minimum Gasteiger partial charge on any atom is -0.369 e. The van der Waals surface area contributed by atoms with Gasteiger partial charge >= 0.3 is 0 Å². The van der Waals surface area contributed by atoms with Crippen molar-refractivity contribution in [1.82, 2.24) is 0 Å². The number of nitrogens with two attached hydrogens (primary N) is 1. The van der Waals surface area contributed by atoms with Crippen LogP contribution < -0.4 is 5.73 Å². The molecular weight excluding hydrogens is 255 g/mol. The van der Waals surface area contributed by atoms with Crippen molar-refractivity contribution in [1.29, 1.82) is 0 Å². The van der Waals surface area contributed by atoms with Crippen molar-refractivity contribution >= 4 is 5.91 Å². The Hall–Kier alpha value is -1.52. The molecule has 1 aliphatic rings. The van der Waals surface area contributed by atoms with E-state index in [1.54, 1.807) is 0 Å². The summed E-state index contributed by atoms with van der Waals surface area (Å²) in [5.74, 6) is -3.49. The maximum atomic E-state index is 14.3. The topological polar surface area (TPSA) is 43.1 Å². The number of primary amides is 1. The SMILES string of the molecule is NC(=O)C1CCCC(C(F)c2cccc(F)c2F)C1. The molecule has 2 rings (SSSR count). The Morgan fingerprint density at radius 3 is 2.74 bits per heavy atom. The number of alkyl halides is 1. The molecule has 0 radical (unpaired) electrons. The molecule has 1 aliphatic carbocycles. The van der Waals surface area contributed by atoms with Gasteiger partial charge in [-0.3, -0.25) is 4.79 Å². The normalized spacial score (nSPS) is 25.0. The van der Waals surface area contributed by atoms with Gasteiger partial charge in [-0.25, -0.2) is 13.2 Å². The fourth-order valence-electron chi connectivity index (χ4n) is 2.74. The largest absolute Gasteiger partial charge is 0.369 e. The van der Waals surface area contributed by atoms with Crippen molar-refractivity contribution in [3.63, 3.8) is 0 Å². The second-order valence-electron chi connectivity index (χ2n) is 5.07. The van der Waals surface area contributed by atoms with E-state index in [1.165, 1.54) is 12.1 Å². The lowest BCUT2D eigenvalue weighted by Crippen LogP contribution is -2.30. The van der Waals surface area contributed by atoms with E-state index in [0.717, 1.165) is 6.07 Å². The Balaban J connectivity index is 2.17. The van der Waals surface area contributed by atoms with Crippen LogP contribution in [0.15, 0.2) is 18.2 Å². The van der Waals surface area contributed by atoms with Gasteiger partial charge in [0.05, 0.1) is 0 Å². The Morgan fingerprint density at radius 1 is 1.32 bits per heavy atom. The van der Waals surface area contributed by atoms with Crippen LogP contribution in [0.3, 0.4) is 0 Å². The fraction of sp³-hybridized carbons (Fsp3) is 0.500. The summed E-state index contributed by atoms with van der Waals surface area (Å²) in [4.78, 5) is 11.1. The molecule has 104 valence electrons. The Bertz CT molecular complexity index is 478. The van der Waals surface area contributed by atoms with Crippen LogP contribution in [0, 0.1) is 23.5 Å². The van der Waals surface area contributed by atoms with Gasteiger partial charge in [0, 0.05) is 11.5 Å². The summed E-state index contributed by atoms with van der Waals surface area (Å²) in [6.07, 6.45) is 0.575. The molecule has 1 aromatic carbocycles. The van der Waals surface area contributed by atoms with E-state index < -0.39 is 29.6 Å². The van der Waals surface area contributed by atoms with Crippen LogP contribution in [0.5, 0.6) is 0 Å². The Labute approximate surface area is 109 Å². The molecule has 1 amide bonds. The predicted octanol–water partition coefficient (Wildman–Crippen LogP) is 3.27. The average Bonchev–Trinajstić information content (AvgIpc) is 2.41. The van der Waals surface area contributed by atoms with Crippen LogP contribution in [-0.2, 0) is 4.79 Å². The zero-order valence-electron chi connectivity index (χ0n) is 10.4. The highest BCUT2D eigenvalue weighted by Crippen LogP contribution is 2.40. The van der Waals surface area contributed by atoms with Crippen molar-refractivity contribution in [3.8, 4) is 0 Å². The van der Waals surface area contributed by atoms with Crippen LogP contribution in [0.2, 0.25) is 0 Å². The molecule has 2 N–H and O–H groups in total. The summed E-state index contributed by atoms with van der Waals surface area (Å²) >= 11 is 0.